The van der Waals surface area contributed by atoms with Crippen LogP contribution < -0.4 is 5.73 Å². The number of hydrogen-bond acceptors (Lipinski definition) is 3. The summed E-state index contributed by atoms with van der Waals surface area (Å²) in [5.41, 5.74) is 4.78. The topological polar surface area (TPSA) is 83.6 Å². The summed E-state index contributed by atoms with van der Waals surface area (Å²) >= 11 is 0. The lowest BCUT2D eigenvalue weighted by atomic mass is 9.74. The van der Waals surface area contributed by atoms with Gasteiger partial charge in [0.2, 0.25) is 5.91 Å². The molecular formula is C12H22N2O3. The van der Waals surface area contributed by atoms with Gasteiger partial charge in [-0.1, -0.05) is 0 Å². The van der Waals surface area contributed by atoms with E-state index >= 15 is 0 Å². The van der Waals surface area contributed by atoms with Gasteiger partial charge in [-0.25, -0.2) is 0 Å². The van der Waals surface area contributed by atoms with Crippen molar-refractivity contribution in [2.45, 2.75) is 39.7 Å². The second kappa shape index (κ2) is 5.04. The zero-order chi connectivity index (χ0) is 13.2. The molecule has 1 rings (SSSR count). The molecule has 1 aliphatic rings. The molecule has 5 nitrogen and oxygen atoms in total. The summed E-state index contributed by atoms with van der Waals surface area (Å²) in [6, 6.07) is -0.512. The van der Waals surface area contributed by atoms with E-state index in [1.165, 1.54) is 0 Å². The van der Waals surface area contributed by atoms with Crippen LogP contribution in [-0.2, 0) is 9.59 Å². The Morgan fingerprint density at radius 2 is 2.06 bits per heavy atom. The van der Waals surface area contributed by atoms with Gasteiger partial charge in [-0.2, -0.15) is 0 Å². The van der Waals surface area contributed by atoms with Crippen LogP contribution in [0.15, 0.2) is 0 Å². The summed E-state index contributed by atoms with van der Waals surface area (Å²) < 4.78 is 0. The number of nitrogens with zero attached hydrogens (tertiary/aromatic N) is 1. The predicted octanol–water partition coefficient (Wildman–Crippen LogP) is 0.683. The molecule has 1 unspecified atom stereocenters. The summed E-state index contributed by atoms with van der Waals surface area (Å²) in [5.74, 6) is -0.898. The maximum Gasteiger partial charge on any atom is 0.309 e. The number of rotatable bonds is 3. The quantitative estimate of drug-likeness (QED) is 0.762. The van der Waals surface area contributed by atoms with E-state index in [2.05, 4.69) is 0 Å². The molecule has 0 aromatic rings. The molecule has 0 radical (unpaired) electrons. The molecule has 0 aliphatic carbocycles. The molecule has 1 heterocycles. The Morgan fingerprint density at radius 1 is 1.47 bits per heavy atom. The fourth-order valence-corrected chi connectivity index (χ4v) is 2.23. The molecule has 1 aliphatic heterocycles. The number of amides is 1. The second-order valence-electron chi connectivity index (χ2n) is 5.44. The number of carbonyl (C=O) groups excluding carboxylic acids is 1. The maximum atomic E-state index is 11.8. The summed E-state index contributed by atoms with van der Waals surface area (Å²) in [6.07, 6.45) is 1.70. The third-order valence-electron chi connectivity index (χ3n) is 3.69. The van der Waals surface area contributed by atoms with Crippen LogP contribution in [0.1, 0.15) is 33.6 Å². The minimum Gasteiger partial charge on any atom is -0.481 e. The first-order valence-electron chi connectivity index (χ1n) is 6.04. The highest BCUT2D eigenvalue weighted by Crippen LogP contribution is 2.34. The number of piperidine rings is 1. The molecule has 0 aromatic heterocycles. The molecule has 1 saturated heterocycles. The molecule has 0 aromatic carbocycles. The lowest BCUT2D eigenvalue weighted by Crippen LogP contribution is -2.50. The van der Waals surface area contributed by atoms with E-state index in [0.717, 1.165) is 12.8 Å². The summed E-state index contributed by atoms with van der Waals surface area (Å²) in [4.78, 5) is 24.7. The van der Waals surface area contributed by atoms with Gasteiger partial charge >= 0.3 is 5.97 Å². The van der Waals surface area contributed by atoms with Crippen LogP contribution in [0.25, 0.3) is 0 Å². The largest absolute Gasteiger partial charge is 0.481 e. The van der Waals surface area contributed by atoms with E-state index in [0.29, 0.717) is 13.1 Å². The third-order valence-corrected chi connectivity index (χ3v) is 3.69. The third kappa shape index (κ3) is 2.97. The standard InChI is InChI=1S/C12H22N2O3/c1-8(13)10(15)14-6-4-5-9(7-14)12(2,3)11(16)17/h8-9H,4-7,13H2,1-3H3,(H,16,17)/t8-,9?/m0/s1. The predicted molar refractivity (Wildman–Crippen MR) is 64.4 cm³/mol. The first-order valence-corrected chi connectivity index (χ1v) is 6.04. The SMILES string of the molecule is C[C@H](N)C(=O)N1CCCC(C(C)(C)C(=O)O)C1. The molecule has 5 heteroatoms. The molecule has 17 heavy (non-hydrogen) atoms. The Kier molecular flexibility index (Phi) is 4.14. The number of carbonyl (C=O) groups is 2. The van der Waals surface area contributed by atoms with Gasteiger partial charge in [-0.15, -0.1) is 0 Å². The first kappa shape index (κ1) is 14.0. The van der Waals surface area contributed by atoms with Gasteiger partial charge in [0.25, 0.3) is 0 Å². The molecule has 2 atom stereocenters. The number of nitrogens with two attached hydrogens (primary N) is 1. The maximum absolute atomic E-state index is 11.8. The van der Waals surface area contributed by atoms with E-state index in [9.17, 15) is 14.7 Å². The number of likely N-dealkylation sites (tertiary alicyclic amines) is 1. The van der Waals surface area contributed by atoms with Crippen molar-refractivity contribution in [3.63, 3.8) is 0 Å². The molecule has 0 saturated carbocycles. The van der Waals surface area contributed by atoms with Crippen molar-refractivity contribution in [3.05, 3.63) is 0 Å². The van der Waals surface area contributed by atoms with Crippen molar-refractivity contribution in [3.8, 4) is 0 Å². The van der Waals surface area contributed by atoms with Gasteiger partial charge in [-0.05, 0) is 39.5 Å². The first-order chi connectivity index (χ1) is 7.76. The van der Waals surface area contributed by atoms with Crippen molar-refractivity contribution < 1.29 is 14.7 Å². The number of aliphatic carboxylic acids is 1. The lowest BCUT2D eigenvalue weighted by molar-refractivity contribution is -0.153. The Hall–Kier alpha value is -1.10. The lowest BCUT2D eigenvalue weighted by Gasteiger charge is -2.39. The number of hydrogen-bond donors (Lipinski definition) is 2. The summed E-state index contributed by atoms with van der Waals surface area (Å²) in [7, 11) is 0. The van der Waals surface area contributed by atoms with Gasteiger partial charge < -0.3 is 15.7 Å². The summed E-state index contributed by atoms with van der Waals surface area (Å²) in [6.45, 7) is 6.29. The normalized spacial score (nSPS) is 23.3. The summed E-state index contributed by atoms with van der Waals surface area (Å²) in [5, 5.41) is 9.20. The molecular weight excluding hydrogens is 220 g/mol. The fourth-order valence-electron chi connectivity index (χ4n) is 2.23. The van der Waals surface area contributed by atoms with Crippen molar-refractivity contribution in [1.82, 2.24) is 4.90 Å². The van der Waals surface area contributed by atoms with Crippen molar-refractivity contribution in [2.24, 2.45) is 17.1 Å². The van der Waals surface area contributed by atoms with Crippen LogP contribution in [0.2, 0.25) is 0 Å². The Bertz CT molecular complexity index is 313. The van der Waals surface area contributed by atoms with Gasteiger partial charge in [0.1, 0.15) is 0 Å². The van der Waals surface area contributed by atoms with Crippen molar-refractivity contribution in [1.29, 1.82) is 0 Å². The van der Waals surface area contributed by atoms with Crippen LogP contribution in [0, 0.1) is 11.3 Å². The van der Waals surface area contributed by atoms with Crippen LogP contribution in [0.4, 0.5) is 0 Å². The van der Waals surface area contributed by atoms with E-state index in [-0.39, 0.29) is 11.8 Å². The molecule has 0 spiro atoms. The van der Waals surface area contributed by atoms with Gasteiger partial charge in [0.15, 0.2) is 0 Å². The smallest absolute Gasteiger partial charge is 0.309 e. The van der Waals surface area contributed by atoms with Crippen molar-refractivity contribution >= 4 is 11.9 Å². The monoisotopic (exact) mass is 242 g/mol. The second-order valence-corrected chi connectivity index (χ2v) is 5.44. The number of carboxylic acid groups (broad SMARTS) is 1. The highest BCUT2D eigenvalue weighted by Gasteiger charge is 2.40. The average Bonchev–Trinajstić information content (AvgIpc) is 2.27. The van der Waals surface area contributed by atoms with E-state index in [4.69, 9.17) is 5.73 Å². The van der Waals surface area contributed by atoms with Crippen LogP contribution in [0.5, 0.6) is 0 Å². The zero-order valence-electron chi connectivity index (χ0n) is 10.8. The van der Waals surface area contributed by atoms with E-state index in [1.807, 2.05) is 0 Å². The van der Waals surface area contributed by atoms with E-state index in [1.54, 1.807) is 25.7 Å². The minimum absolute atomic E-state index is 0.00329. The van der Waals surface area contributed by atoms with E-state index < -0.39 is 17.4 Å². The van der Waals surface area contributed by atoms with Crippen molar-refractivity contribution in [2.75, 3.05) is 13.1 Å². The highest BCUT2D eigenvalue weighted by molar-refractivity contribution is 5.81. The highest BCUT2D eigenvalue weighted by atomic mass is 16.4. The molecule has 98 valence electrons. The van der Waals surface area contributed by atoms with Gasteiger partial charge in [0, 0.05) is 13.1 Å². The minimum atomic E-state index is -0.808. The molecule has 3 N–H and O–H groups in total. The molecule has 1 fully saturated rings. The van der Waals surface area contributed by atoms with Crippen LogP contribution >= 0.6 is 0 Å². The molecule has 1 amide bonds. The van der Waals surface area contributed by atoms with Crippen LogP contribution in [-0.4, -0.2) is 41.0 Å². The van der Waals surface area contributed by atoms with Gasteiger partial charge in [0.05, 0.1) is 11.5 Å². The number of carboxylic acids is 1. The zero-order valence-corrected chi connectivity index (χ0v) is 10.8. The Balaban J connectivity index is 2.73. The van der Waals surface area contributed by atoms with Gasteiger partial charge in [-0.3, -0.25) is 9.59 Å². The van der Waals surface area contributed by atoms with Crippen LogP contribution in [0.3, 0.4) is 0 Å². The Labute approximate surface area is 102 Å². The average molecular weight is 242 g/mol. The molecule has 0 bridgehead atoms. The fraction of sp³-hybridized carbons (Fsp3) is 0.833. The Morgan fingerprint density at radius 3 is 2.53 bits per heavy atom.